The maximum Gasteiger partial charge on any atom is 0.306 e. The fraction of sp³-hybridized carbons (Fsp3) is 0.868. The number of allylic oxidation sites excluding steroid dienone is 4. The molecule has 1 atom stereocenters. The van der Waals surface area contributed by atoms with Gasteiger partial charge in [0.1, 0.15) is 13.2 Å². The van der Waals surface area contributed by atoms with Gasteiger partial charge in [0.25, 0.3) is 0 Å². The monoisotopic (exact) mass is 831 g/mol. The van der Waals surface area contributed by atoms with Crippen LogP contribution in [0.1, 0.15) is 278 Å². The molecule has 0 fully saturated rings. The van der Waals surface area contributed by atoms with E-state index < -0.39 is 6.10 Å². The summed E-state index contributed by atoms with van der Waals surface area (Å²) < 4.78 is 16.8. The summed E-state index contributed by atoms with van der Waals surface area (Å²) in [7, 11) is 0. The highest BCUT2D eigenvalue weighted by atomic mass is 16.6. The van der Waals surface area contributed by atoms with Crippen LogP contribution in [0.3, 0.4) is 0 Å². The molecule has 0 bridgehead atoms. The molecule has 0 aromatic carbocycles. The molecule has 0 aliphatic heterocycles. The van der Waals surface area contributed by atoms with Crippen LogP contribution in [0.4, 0.5) is 0 Å². The average Bonchev–Trinajstić information content (AvgIpc) is 3.23. The van der Waals surface area contributed by atoms with E-state index in [0.29, 0.717) is 19.3 Å². The minimum atomic E-state index is -0.771. The second kappa shape index (κ2) is 48.6. The van der Waals surface area contributed by atoms with E-state index in [1.807, 2.05) is 0 Å². The van der Waals surface area contributed by atoms with E-state index >= 15 is 0 Å². The number of rotatable bonds is 47. The van der Waals surface area contributed by atoms with Crippen molar-refractivity contribution in [3.05, 3.63) is 24.3 Å². The molecule has 1 unspecified atom stereocenters. The Morgan fingerprint density at radius 2 is 0.627 bits per heavy atom. The summed E-state index contributed by atoms with van der Waals surface area (Å²) in [6, 6.07) is 0. The molecule has 0 amide bonds. The number of carbonyl (C=O) groups is 3. The van der Waals surface area contributed by atoms with Crippen LogP contribution in [0.25, 0.3) is 0 Å². The Morgan fingerprint density at radius 1 is 0.339 bits per heavy atom. The van der Waals surface area contributed by atoms with Gasteiger partial charge in [0.05, 0.1) is 0 Å². The number of ether oxygens (including phenoxy) is 3. The first-order valence-corrected chi connectivity index (χ1v) is 25.8. The normalized spacial score (nSPS) is 12.1. The molecule has 0 aromatic rings. The lowest BCUT2D eigenvalue weighted by Crippen LogP contribution is -2.30. The Hall–Kier alpha value is -2.11. The molecule has 0 aliphatic rings. The summed E-state index contributed by atoms with van der Waals surface area (Å²) in [5, 5.41) is 0. The average molecular weight is 831 g/mol. The van der Waals surface area contributed by atoms with Crippen LogP contribution in [-0.4, -0.2) is 37.2 Å². The smallest absolute Gasteiger partial charge is 0.306 e. The molecule has 346 valence electrons. The lowest BCUT2D eigenvalue weighted by Gasteiger charge is -2.18. The van der Waals surface area contributed by atoms with Gasteiger partial charge >= 0.3 is 17.9 Å². The molecule has 0 heterocycles. The summed E-state index contributed by atoms with van der Waals surface area (Å²) in [6.45, 7) is 6.60. The highest BCUT2D eigenvalue weighted by Crippen LogP contribution is 2.16. The van der Waals surface area contributed by atoms with E-state index in [1.165, 1.54) is 154 Å². The lowest BCUT2D eigenvalue weighted by atomic mass is 10.0. The predicted molar refractivity (Wildman–Crippen MR) is 252 cm³/mol. The van der Waals surface area contributed by atoms with E-state index in [4.69, 9.17) is 14.2 Å². The summed E-state index contributed by atoms with van der Waals surface area (Å²) in [4.78, 5) is 37.9. The van der Waals surface area contributed by atoms with Crippen molar-refractivity contribution < 1.29 is 28.6 Å². The van der Waals surface area contributed by atoms with Gasteiger partial charge in [-0.05, 0) is 44.9 Å². The first kappa shape index (κ1) is 56.9. The van der Waals surface area contributed by atoms with E-state index in [2.05, 4.69) is 45.1 Å². The molecule has 6 heteroatoms. The Balaban J connectivity index is 4.31. The topological polar surface area (TPSA) is 78.9 Å². The van der Waals surface area contributed by atoms with Crippen molar-refractivity contribution in [2.45, 2.75) is 284 Å². The largest absolute Gasteiger partial charge is 0.462 e. The molecule has 0 saturated heterocycles. The minimum absolute atomic E-state index is 0.0723. The number of unbranched alkanes of at least 4 members (excludes halogenated alkanes) is 32. The van der Waals surface area contributed by atoms with Gasteiger partial charge in [0, 0.05) is 19.3 Å². The molecule has 0 rings (SSSR count). The Bertz CT molecular complexity index is 958. The minimum Gasteiger partial charge on any atom is -0.462 e. The van der Waals surface area contributed by atoms with Crippen LogP contribution in [-0.2, 0) is 28.6 Å². The van der Waals surface area contributed by atoms with Crippen molar-refractivity contribution in [2.75, 3.05) is 13.2 Å². The van der Waals surface area contributed by atoms with Gasteiger partial charge in [-0.15, -0.1) is 0 Å². The van der Waals surface area contributed by atoms with Gasteiger partial charge in [0.15, 0.2) is 6.10 Å². The van der Waals surface area contributed by atoms with Gasteiger partial charge in [-0.3, -0.25) is 14.4 Å². The molecule has 0 aromatic heterocycles. The van der Waals surface area contributed by atoms with Gasteiger partial charge < -0.3 is 14.2 Å². The summed E-state index contributed by atoms with van der Waals surface area (Å²) in [5.74, 6) is -0.874. The molecule has 0 saturated carbocycles. The fourth-order valence-corrected chi connectivity index (χ4v) is 7.52. The van der Waals surface area contributed by atoms with E-state index in [-0.39, 0.29) is 31.1 Å². The summed E-state index contributed by atoms with van der Waals surface area (Å²) in [5.41, 5.74) is 0. The van der Waals surface area contributed by atoms with Crippen LogP contribution in [0.15, 0.2) is 24.3 Å². The molecular formula is C53H98O6. The molecule has 0 spiro atoms. The number of hydrogen-bond donors (Lipinski definition) is 0. The van der Waals surface area contributed by atoms with Gasteiger partial charge in [-0.25, -0.2) is 0 Å². The zero-order valence-electron chi connectivity index (χ0n) is 39.5. The SMILES string of the molecule is CCCC/C=C\C/C=C\CCCCCCCC(=O)OC(COC(=O)CCCCCCCCCCCC)COC(=O)CCCCCCCCCCCCCCCCCCC. The Labute approximate surface area is 366 Å². The van der Waals surface area contributed by atoms with Crippen molar-refractivity contribution in [1.82, 2.24) is 0 Å². The second-order valence-corrected chi connectivity index (χ2v) is 17.4. The number of carbonyl (C=O) groups excluding carboxylic acids is 3. The molecule has 6 nitrogen and oxygen atoms in total. The highest BCUT2D eigenvalue weighted by molar-refractivity contribution is 5.71. The van der Waals surface area contributed by atoms with E-state index in [0.717, 1.165) is 83.5 Å². The van der Waals surface area contributed by atoms with Crippen molar-refractivity contribution in [3.8, 4) is 0 Å². The molecule has 0 aliphatic carbocycles. The quantitative estimate of drug-likeness (QED) is 0.0263. The molecular weight excluding hydrogens is 733 g/mol. The van der Waals surface area contributed by atoms with Gasteiger partial charge in [-0.1, -0.05) is 238 Å². The first-order chi connectivity index (χ1) is 29.0. The van der Waals surface area contributed by atoms with Gasteiger partial charge in [-0.2, -0.15) is 0 Å². The Morgan fingerprint density at radius 3 is 0.983 bits per heavy atom. The predicted octanol–water partition coefficient (Wildman–Crippen LogP) is 16.8. The second-order valence-electron chi connectivity index (χ2n) is 17.4. The zero-order valence-corrected chi connectivity index (χ0v) is 39.5. The van der Waals surface area contributed by atoms with Crippen LogP contribution in [0.2, 0.25) is 0 Å². The standard InChI is InChI=1S/C53H98O6/c1-4-7-10-13-16-19-22-24-26-27-28-30-31-34-37-40-43-46-52(55)58-49-50(48-57-51(54)45-42-39-36-33-21-18-15-12-9-6-3)59-53(56)47-44-41-38-35-32-29-25-23-20-17-14-11-8-5-2/h14,17,23,25,50H,4-13,15-16,18-22,24,26-49H2,1-3H3/b17-14-,25-23-. The van der Waals surface area contributed by atoms with Crippen LogP contribution < -0.4 is 0 Å². The maximum absolute atomic E-state index is 12.8. The third-order valence-corrected chi connectivity index (χ3v) is 11.5. The molecule has 59 heavy (non-hydrogen) atoms. The van der Waals surface area contributed by atoms with E-state index in [1.54, 1.807) is 0 Å². The third kappa shape index (κ3) is 46.8. The summed E-state index contributed by atoms with van der Waals surface area (Å²) >= 11 is 0. The van der Waals surface area contributed by atoms with Crippen molar-refractivity contribution >= 4 is 17.9 Å². The van der Waals surface area contributed by atoms with Crippen LogP contribution in [0, 0.1) is 0 Å². The highest BCUT2D eigenvalue weighted by Gasteiger charge is 2.19. The van der Waals surface area contributed by atoms with Gasteiger partial charge in [0.2, 0.25) is 0 Å². The molecule has 0 radical (unpaired) electrons. The Kier molecular flexibility index (Phi) is 46.8. The number of esters is 3. The fourth-order valence-electron chi connectivity index (χ4n) is 7.52. The van der Waals surface area contributed by atoms with Crippen molar-refractivity contribution in [1.29, 1.82) is 0 Å². The number of hydrogen-bond acceptors (Lipinski definition) is 6. The van der Waals surface area contributed by atoms with Crippen LogP contribution in [0.5, 0.6) is 0 Å². The van der Waals surface area contributed by atoms with Crippen LogP contribution >= 0.6 is 0 Å². The lowest BCUT2D eigenvalue weighted by molar-refractivity contribution is -0.167. The third-order valence-electron chi connectivity index (χ3n) is 11.5. The zero-order chi connectivity index (χ0) is 43.0. The molecule has 0 N–H and O–H groups in total. The maximum atomic E-state index is 12.8. The summed E-state index contributed by atoms with van der Waals surface area (Å²) in [6.07, 6.45) is 54.5. The van der Waals surface area contributed by atoms with Crippen molar-refractivity contribution in [3.63, 3.8) is 0 Å². The van der Waals surface area contributed by atoms with E-state index in [9.17, 15) is 14.4 Å². The van der Waals surface area contributed by atoms with Crippen molar-refractivity contribution in [2.24, 2.45) is 0 Å². The first-order valence-electron chi connectivity index (χ1n) is 25.8.